The molecule has 0 atom stereocenters. The molecule has 1 aromatic heterocycles. The number of rotatable bonds is 4. The number of aromatic amines is 1. The maximum Gasteiger partial charge on any atom is 0.417 e. The molecule has 0 amide bonds. The van der Waals surface area contributed by atoms with Crippen LogP contribution in [-0.4, -0.2) is 15.9 Å². The Morgan fingerprint density at radius 2 is 2.33 bits per heavy atom. The molecule has 5 heteroatoms. The van der Waals surface area contributed by atoms with Gasteiger partial charge in [0.2, 0.25) is 0 Å². The highest BCUT2D eigenvalue weighted by atomic mass is 32.2. The van der Waals surface area contributed by atoms with E-state index in [1.165, 1.54) is 11.8 Å². The highest BCUT2D eigenvalue weighted by Crippen LogP contribution is 2.14. The van der Waals surface area contributed by atoms with Gasteiger partial charge < -0.3 is 4.42 Å². The van der Waals surface area contributed by atoms with E-state index >= 15 is 0 Å². The quantitative estimate of drug-likeness (QED) is 0.861. The summed E-state index contributed by atoms with van der Waals surface area (Å²) in [6, 6.07) is 5.52. The van der Waals surface area contributed by atoms with Crippen molar-refractivity contribution in [3.8, 4) is 0 Å². The van der Waals surface area contributed by atoms with Gasteiger partial charge in [-0.15, -0.1) is 0 Å². The molecule has 94 valence electrons. The lowest BCUT2D eigenvalue weighted by Crippen LogP contribution is -1.92. The first-order chi connectivity index (χ1) is 8.65. The van der Waals surface area contributed by atoms with Gasteiger partial charge in [0, 0.05) is 12.7 Å². The summed E-state index contributed by atoms with van der Waals surface area (Å²) in [4.78, 5) is 24.3. The minimum absolute atomic E-state index is 0.138. The Kier molecular flexibility index (Phi) is 4.04. The summed E-state index contributed by atoms with van der Waals surface area (Å²) in [7, 11) is 0. The van der Waals surface area contributed by atoms with E-state index in [1.54, 1.807) is 6.92 Å². The first-order valence-corrected chi connectivity index (χ1v) is 6.56. The summed E-state index contributed by atoms with van der Waals surface area (Å²) < 4.78 is 4.97. The molecule has 1 heterocycles. The topological polar surface area (TPSA) is 63.1 Å². The third-order valence-corrected chi connectivity index (χ3v) is 3.19. The van der Waals surface area contributed by atoms with Crippen LogP contribution in [0.25, 0.3) is 17.2 Å². The summed E-state index contributed by atoms with van der Waals surface area (Å²) in [6.07, 6.45) is 4.79. The lowest BCUT2D eigenvalue weighted by Gasteiger charge is -1.94. The van der Waals surface area contributed by atoms with E-state index in [1.807, 2.05) is 30.4 Å². The predicted molar refractivity (Wildman–Crippen MR) is 73.6 cm³/mol. The molecule has 0 spiro atoms. The van der Waals surface area contributed by atoms with Gasteiger partial charge >= 0.3 is 5.76 Å². The van der Waals surface area contributed by atoms with Crippen LogP contribution in [0.15, 0.2) is 33.5 Å². The van der Waals surface area contributed by atoms with Crippen molar-refractivity contribution in [2.24, 2.45) is 0 Å². The van der Waals surface area contributed by atoms with E-state index in [9.17, 15) is 9.59 Å². The standard InChI is InChI=1S/C13H13NO3S/c1-9(15)18-7-3-2-4-10-5-6-11-12(8-10)17-13(16)14-11/h2,4-6,8H,3,7H2,1H3,(H,14,16). The van der Waals surface area contributed by atoms with Crippen LogP contribution >= 0.6 is 11.8 Å². The molecule has 0 unspecified atom stereocenters. The minimum Gasteiger partial charge on any atom is -0.408 e. The van der Waals surface area contributed by atoms with Gasteiger partial charge in [-0.2, -0.15) is 0 Å². The van der Waals surface area contributed by atoms with Crippen molar-refractivity contribution in [2.75, 3.05) is 5.75 Å². The summed E-state index contributed by atoms with van der Waals surface area (Å²) >= 11 is 1.32. The summed E-state index contributed by atoms with van der Waals surface area (Å²) in [5.41, 5.74) is 2.22. The molecule has 1 aromatic carbocycles. The van der Waals surface area contributed by atoms with E-state index < -0.39 is 5.76 Å². The van der Waals surface area contributed by atoms with Crippen LogP contribution in [0.4, 0.5) is 0 Å². The van der Waals surface area contributed by atoms with Crippen LogP contribution in [-0.2, 0) is 4.79 Å². The Labute approximate surface area is 108 Å². The van der Waals surface area contributed by atoms with Crippen molar-refractivity contribution >= 4 is 34.1 Å². The molecule has 0 aliphatic rings. The number of benzene rings is 1. The molecule has 2 rings (SSSR count). The van der Waals surface area contributed by atoms with E-state index in [-0.39, 0.29) is 5.12 Å². The van der Waals surface area contributed by atoms with Crippen molar-refractivity contribution in [1.29, 1.82) is 0 Å². The van der Waals surface area contributed by atoms with E-state index in [2.05, 4.69) is 4.98 Å². The van der Waals surface area contributed by atoms with E-state index in [4.69, 9.17) is 4.42 Å². The Balaban J connectivity index is 2.00. The molecule has 18 heavy (non-hydrogen) atoms. The minimum atomic E-state index is -0.441. The average molecular weight is 263 g/mol. The van der Waals surface area contributed by atoms with Gasteiger partial charge in [-0.1, -0.05) is 30.0 Å². The third-order valence-electron chi connectivity index (χ3n) is 2.35. The maximum absolute atomic E-state index is 11.0. The normalized spacial score (nSPS) is 11.4. The number of thioether (sulfide) groups is 1. The van der Waals surface area contributed by atoms with Crippen molar-refractivity contribution < 1.29 is 9.21 Å². The van der Waals surface area contributed by atoms with Crippen LogP contribution in [0.3, 0.4) is 0 Å². The fourth-order valence-electron chi connectivity index (χ4n) is 1.56. The number of H-pyrrole nitrogens is 1. The maximum atomic E-state index is 11.0. The monoisotopic (exact) mass is 263 g/mol. The van der Waals surface area contributed by atoms with Gasteiger partial charge in [0.1, 0.15) is 0 Å². The molecule has 0 bridgehead atoms. The molecule has 0 aliphatic heterocycles. The van der Waals surface area contributed by atoms with Gasteiger partial charge in [-0.25, -0.2) is 4.79 Å². The van der Waals surface area contributed by atoms with Crippen LogP contribution in [0.5, 0.6) is 0 Å². The zero-order valence-electron chi connectivity index (χ0n) is 9.93. The molecule has 0 aliphatic carbocycles. The number of carbonyl (C=O) groups excluding carboxylic acids is 1. The number of carbonyl (C=O) groups is 1. The molecule has 1 N–H and O–H groups in total. The van der Waals surface area contributed by atoms with Gasteiger partial charge in [0.05, 0.1) is 5.52 Å². The number of nitrogens with one attached hydrogen (secondary N) is 1. The Morgan fingerprint density at radius 3 is 3.11 bits per heavy atom. The van der Waals surface area contributed by atoms with Gasteiger partial charge in [0.15, 0.2) is 10.7 Å². The number of hydrogen-bond donors (Lipinski definition) is 1. The smallest absolute Gasteiger partial charge is 0.408 e. The number of hydrogen-bond acceptors (Lipinski definition) is 4. The molecule has 0 saturated heterocycles. The van der Waals surface area contributed by atoms with Crippen LogP contribution in [0, 0.1) is 0 Å². The lowest BCUT2D eigenvalue weighted by molar-refractivity contribution is -0.109. The Hall–Kier alpha value is -1.75. The predicted octanol–water partition coefficient (Wildman–Crippen LogP) is 2.80. The fourth-order valence-corrected chi connectivity index (χ4v) is 2.10. The van der Waals surface area contributed by atoms with Crippen molar-refractivity contribution in [3.05, 3.63) is 40.4 Å². The van der Waals surface area contributed by atoms with Crippen molar-refractivity contribution in [3.63, 3.8) is 0 Å². The molecule has 0 fully saturated rings. The second-order valence-corrected chi connectivity index (χ2v) is 5.07. The summed E-state index contributed by atoms with van der Waals surface area (Å²) in [6.45, 7) is 1.57. The highest BCUT2D eigenvalue weighted by Gasteiger charge is 2.00. The Bertz CT molecular complexity index is 639. The SMILES string of the molecule is CC(=O)SCCC=Cc1ccc2[nH]c(=O)oc2c1. The zero-order chi connectivity index (χ0) is 13.0. The van der Waals surface area contributed by atoms with E-state index in [0.717, 1.165) is 17.7 Å². The first kappa shape index (κ1) is 12.7. The van der Waals surface area contributed by atoms with Gasteiger partial charge in [-0.3, -0.25) is 9.78 Å². The van der Waals surface area contributed by atoms with Crippen molar-refractivity contribution in [1.82, 2.24) is 4.98 Å². The summed E-state index contributed by atoms with van der Waals surface area (Å²) in [5, 5.41) is 0.138. The molecule has 0 saturated carbocycles. The molecule has 2 aromatic rings. The largest absolute Gasteiger partial charge is 0.417 e. The molecule has 4 nitrogen and oxygen atoms in total. The molecular formula is C13H13NO3S. The fraction of sp³-hybridized carbons (Fsp3) is 0.231. The molecule has 0 radical (unpaired) electrons. The second kappa shape index (κ2) is 5.73. The van der Waals surface area contributed by atoms with Crippen LogP contribution < -0.4 is 5.76 Å². The number of allylic oxidation sites excluding steroid dienone is 1. The second-order valence-electron chi connectivity index (χ2n) is 3.80. The van der Waals surface area contributed by atoms with Crippen molar-refractivity contribution in [2.45, 2.75) is 13.3 Å². The number of fused-ring (bicyclic) bond motifs is 1. The highest BCUT2D eigenvalue weighted by molar-refractivity contribution is 8.13. The van der Waals surface area contributed by atoms with Gasteiger partial charge in [-0.05, 0) is 24.1 Å². The lowest BCUT2D eigenvalue weighted by atomic mass is 10.2. The zero-order valence-corrected chi connectivity index (χ0v) is 10.8. The van der Waals surface area contributed by atoms with Crippen LogP contribution in [0.2, 0.25) is 0 Å². The first-order valence-electron chi connectivity index (χ1n) is 5.58. The van der Waals surface area contributed by atoms with Gasteiger partial charge in [0.25, 0.3) is 0 Å². The van der Waals surface area contributed by atoms with E-state index in [0.29, 0.717) is 11.1 Å². The van der Waals surface area contributed by atoms with Crippen LogP contribution in [0.1, 0.15) is 18.9 Å². The molecular weight excluding hydrogens is 250 g/mol. The number of aromatic nitrogens is 1. The third kappa shape index (κ3) is 3.37. The average Bonchev–Trinajstić information content (AvgIpc) is 2.67. The number of oxazole rings is 1. The summed E-state index contributed by atoms with van der Waals surface area (Å²) in [5.74, 6) is 0.344. The Morgan fingerprint density at radius 1 is 1.50 bits per heavy atom.